The highest BCUT2D eigenvalue weighted by Gasteiger charge is 2.20. The topological polar surface area (TPSA) is 66.8 Å². The molecular weight excluding hydrogens is 278 g/mol. The van der Waals surface area contributed by atoms with Crippen LogP contribution in [-0.4, -0.2) is 42.6 Å². The second kappa shape index (κ2) is 5.50. The molecule has 0 unspecified atom stereocenters. The first-order chi connectivity index (χ1) is 9.43. The molecule has 0 saturated carbocycles. The summed E-state index contributed by atoms with van der Waals surface area (Å²) in [7, 11) is 3.08. The maximum Gasteiger partial charge on any atom is 0.323 e. The van der Waals surface area contributed by atoms with E-state index in [1.165, 1.54) is 23.3 Å². The number of carbonyl (C=O) groups is 2. The summed E-state index contributed by atoms with van der Waals surface area (Å²) in [5.74, 6) is -0.567. The largest absolute Gasteiger partial charge is 0.497 e. The molecule has 1 N–H and O–H groups in total. The minimum atomic E-state index is -1.03. The van der Waals surface area contributed by atoms with Crippen LogP contribution in [0.25, 0.3) is 10.1 Å². The lowest BCUT2D eigenvalue weighted by Gasteiger charge is -2.13. The summed E-state index contributed by atoms with van der Waals surface area (Å²) in [5.41, 5.74) is 0.853. The number of carboxylic acids is 1. The van der Waals surface area contributed by atoms with Crippen LogP contribution in [0.1, 0.15) is 15.2 Å². The van der Waals surface area contributed by atoms with Crippen molar-refractivity contribution in [1.29, 1.82) is 0 Å². The highest BCUT2D eigenvalue weighted by Crippen LogP contribution is 2.33. The lowest BCUT2D eigenvalue weighted by Crippen LogP contribution is -2.31. The molecule has 0 spiro atoms. The van der Waals surface area contributed by atoms with E-state index in [0.717, 1.165) is 21.4 Å². The highest BCUT2D eigenvalue weighted by atomic mass is 32.1. The molecule has 0 aliphatic rings. The number of rotatable bonds is 4. The Bertz CT molecular complexity index is 677. The summed E-state index contributed by atoms with van der Waals surface area (Å²) in [6.07, 6.45) is 0. The van der Waals surface area contributed by atoms with E-state index in [9.17, 15) is 9.59 Å². The van der Waals surface area contributed by atoms with E-state index in [4.69, 9.17) is 9.84 Å². The van der Waals surface area contributed by atoms with Gasteiger partial charge in [0.25, 0.3) is 5.91 Å². The third-order valence-corrected chi connectivity index (χ3v) is 4.32. The van der Waals surface area contributed by atoms with Crippen LogP contribution in [0.15, 0.2) is 18.2 Å². The van der Waals surface area contributed by atoms with Crippen molar-refractivity contribution in [2.24, 2.45) is 0 Å². The number of aryl methyl sites for hydroxylation is 1. The smallest absolute Gasteiger partial charge is 0.323 e. The summed E-state index contributed by atoms with van der Waals surface area (Å²) in [4.78, 5) is 24.7. The molecule has 0 saturated heterocycles. The maximum absolute atomic E-state index is 12.3. The first-order valence-electron chi connectivity index (χ1n) is 5.98. The Kier molecular flexibility index (Phi) is 3.94. The maximum atomic E-state index is 12.3. The summed E-state index contributed by atoms with van der Waals surface area (Å²) in [6, 6.07) is 5.63. The van der Waals surface area contributed by atoms with Gasteiger partial charge in [0.2, 0.25) is 0 Å². The van der Waals surface area contributed by atoms with Gasteiger partial charge >= 0.3 is 5.97 Å². The first-order valence-corrected chi connectivity index (χ1v) is 6.80. The standard InChI is InChI=1S/C14H15NO4S/c1-8-10-6-9(19-3)4-5-11(10)20-13(8)14(18)15(2)7-12(16)17/h4-6H,7H2,1-3H3,(H,16,17). The fourth-order valence-corrected chi connectivity index (χ4v) is 3.16. The summed E-state index contributed by atoms with van der Waals surface area (Å²) < 4.78 is 6.16. The molecule has 1 aromatic carbocycles. The van der Waals surface area contributed by atoms with Crippen LogP contribution in [0.5, 0.6) is 5.75 Å². The van der Waals surface area contributed by atoms with Crippen molar-refractivity contribution in [3.8, 4) is 5.75 Å². The zero-order chi connectivity index (χ0) is 14.9. The Morgan fingerprint density at radius 3 is 2.70 bits per heavy atom. The molecule has 0 aliphatic heterocycles. The van der Waals surface area contributed by atoms with Gasteiger partial charge in [0, 0.05) is 11.7 Å². The van der Waals surface area contributed by atoms with Crippen LogP contribution in [0.2, 0.25) is 0 Å². The molecule has 0 fully saturated rings. The van der Waals surface area contributed by atoms with Gasteiger partial charge in [0.15, 0.2) is 0 Å². The Morgan fingerprint density at radius 2 is 2.10 bits per heavy atom. The van der Waals surface area contributed by atoms with Crippen molar-refractivity contribution in [3.05, 3.63) is 28.6 Å². The van der Waals surface area contributed by atoms with E-state index < -0.39 is 5.97 Å². The number of fused-ring (bicyclic) bond motifs is 1. The number of carboxylic acid groups (broad SMARTS) is 1. The lowest BCUT2D eigenvalue weighted by molar-refractivity contribution is -0.137. The number of amides is 1. The molecule has 0 atom stereocenters. The van der Waals surface area contributed by atoms with Gasteiger partial charge < -0.3 is 14.7 Å². The summed E-state index contributed by atoms with van der Waals surface area (Å²) >= 11 is 1.37. The van der Waals surface area contributed by atoms with Crippen molar-refractivity contribution < 1.29 is 19.4 Å². The average molecular weight is 293 g/mol. The molecule has 0 radical (unpaired) electrons. The number of hydrogen-bond acceptors (Lipinski definition) is 4. The number of likely N-dealkylation sites (N-methyl/N-ethyl adjacent to an activating group) is 1. The van der Waals surface area contributed by atoms with E-state index in [1.54, 1.807) is 7.11 Å². The zero-order valence-corrected chi connectivity index (χ0v) is 12.3. The van der Waals surface area contributed by atoms with E-state index in [-0.39, 0.29) is 12.5 Å². The number of ether oxygens (including phenoxy) is 1. The summed E-state index contributed by atoms with van der Waals surface area (Å²) in [6.45, 7) is 1.55. The van der Waals surface area contributed by atoms with Gasteiger partial charge in [0.1, 0.15) is 12.3 Å². The molecule has 106 valence electrons. The van der Waals surface area contributed by atoms with Gasteiger partial charge in [-0.25, -0.2) is 0 Å². The molecule has 6 heteroatoms. The predicted molar refractivity (Wildman–Crippen MR) is 77.7 cm³/mol. The number of methoxy groups -OCH3 is 1. The number of carbonyl (C=O) groups excluding carboxylic acids is 1. The number of thiophene rings is 1. The molecule has 1 amide bonds. The number of benzene rings is 1. The van der Waals surface area contributed by atoms with Crippen molar-refractivity contribution in [1.82, 2.24) is 4.90 Å². The zero-order valence-electron chi connectivity index (χ0n) is 11.5. The second-order valence-electron chi connectivity index (χ2n) is 4.47. The van der Waals surface area contributed by atoms with Crippen LogP contribution in [0, 0.1) is 6.92 Å². The first kappa shape index (κ1) is 14.3. The van der Waals surface area contributed by atoms with Gasteiger partial charge in [-0.15, -0.1) is 11.3 Å². The summed E-state index contributed by atoms with van der Waals surface area (Å²) in [5, 5.41) is 9.71. The molecular formula is C14H15NO4S. The molecule has 2 aromatic rings. The monoisotopic (exact) mass is 293 g/mol. The van der Waals surface area contributed by atoms with Gasteiger partial charge in [-0.3, -0.25) is 9.59 Å². The number of aliphatic carboxylic acids is 1. The van der Waals surface area contributed by atoms with Crippen LogP contribution in [-0.2, 0) is 4.79 Å². The van der Waals surface area contributed by atoms with E-state index in [1.807, 2.05) is 25.1 Å². The quantitative estimate of drug-likeness (QED) is 0.940. The molecule has 2 rings (SSSR count). The lowest BCUT2D eigenvalue weighted by atomic mass is 10.1. The van der Waals surface area contributed by atoms with E-state index >= 15 is 0 Å². The highest BCUT2D eigenvalue weighted by molar-refractivity contribution is 7.21. The van der Waals surface area contributed by atoms with Crippen LogP contribution >= 0.6 is 11.3 Å². The van der Waals surface area contributed by atoms with E-state index in [0.29, 0.717) is 4.88 Å². The molecule has 5 nitrogen and oxygen atoms in total. The van der Waals surface area contributed by atoms with Crippen molar-refractivity contribution in [2.75, 3.05) is 20.7 Å². The number of hydrogen-bond donors (Lipinski definition) is 1. The molecule has 1 aromatic heterocycles. The van der Waals surface area contributed by atoms with Crippen molar-refractivity contribution >= 4 is 33.3 Å². The predicted octanol–water partition coefficient (Wildman–Crippen LogP) is 2.37. The Hall–Kier alpha value is -2.08. The van der Waals surface area contributed by atoms with Gasteiger partial charge in [-0.05, 0) is 36.1 Å². The second-order valence-corrected chi connectivity index (χ2v) is 5.53. The fraction of sp³-hybridized carbons (Fsp3) is 0.286. The number of nitrogens with zero attached hydrogens (tertiary/aromatic N) is 1. The van der Waals surface area contributed by atoms with Crippen molar-refractivity contribution in [2.45, 2.75) is 6.92 Å². The molecule has 1 heterocycles. The third kappa shape index (κ3) is 2.60. The molecule has 0 aliphatic carbocycles. The Balaban J connectivity index is 2.42. The van der Waals surface area contributed by atoms with Crippen LogP contribution in [0.3, 0.4) is 0 Å². The van der Waals surface area contributed by atoms with Crippen LogP contribution in [0.4, 0.5) is 0 Å². The fourth-order valence-electron chi connectivity index (χ4n) is 1.98. The SMILES string of the molecule is COc1ccc2sc(C(=O)N(C)CC(=O)O)c(C)c2c1. The van der Waals surface area contributed by atoms with Gasteiger partial charge in [0.05, 0.1) is 12.0 Å². The van der Waals surface area contributed by atoms with E-state index in [2.05, 4.69) is 0 Å². The minimum absolute atomic E-state index is 0.273. The Labute approximate surface area is 120 Å². The van der Waals surface area contributed by atoms with Crippen LogP contribution < -0.4 is 4.74 Å². The minimum Gasteiger partial charge on any atom is -0.497 e. The third-order valence-electron chi connectivity index (χ3n) is 3.06. The Morgan fingerprint density at radius 1 is 1.40 bits per heavy atom. The van der Waals surface area contributed by atoms with Gasteiger partial charge in [-0.1, -0.05) is 0 Å². The van der Waals surface area contributed by atoms with Gasteiger partial charge in [-0.2, -0.15) is 0 Å². The van der Waals surface area contributed by atoms with Crippen molar-refractivity contribution in [3.63, 3.8) is 0 Å². The normalized spacial score (nSPS) is 10.6. The average Bonchev–Trinajstić information content (AvgIpc) is 2.74. The molecule has 20 heavy (non-hydrogen) atoms. The molecule has 0 bridgehead atoms.